The molecule has 0 atom stereocenters. The van der Waals surface area contributed by atoms with Crippen molar-refractivity contribution in [2.24, 2.45) is 0 Å². The summed E-state index contributed by atoms with van der Waals surface area (Å²) in [4.78, 5) is 16.3. The number of carbonyl (C=O) groups is 1. The molecule has 0 fully saturated rings. The first-order valence-corrected chi connectivity index (χ1v) is 8.27. The van der Waals surface area contributed by atoms with Gasteiger partial charge in [0, 0.05) is 0 Å². The van der Waals surface area contributed by atoms with Gasteiger partial charge in [0.2, 0.25) is 0 Å². The van der Waals surface area contributed by atoms with Crippen molar-refractivity contribution >= 4 is 44.2 Å². The average molecular weight is 347 g/mol. The van der Waals surface area contributed by atoms with E-state index in [-0.39, 0.29) is 12.5 Å². The number of para-hydroxylation sites is 1. The number of rotatable bonds is 4. The minimum atomic E-state index is -0.251. The van der Waals surface area contributed by atoms with Crippen LogP contribution in [0.4, 0.5) is 5.13 Å². The van der Waals surface area contributed by atoms with Gasteiger partial charge in [-0.15, -0.1) is 0 Å². The monoisotopic (exact) mass is 346 g/mol. The Morgan fingerprint density at radius 3 is 2.83 bits per heavy atom. The number of fused-ring (bicyclic) bond motifs is 1. The summed E-state index contributed by atoms with van der Waals surface area (Å²) < 4.78 is 6.45. The van der Waals surface area contributed by atoms with Gasteiger partial charge in [0.15, 0.2) is 11.7 Å². The normalized spacial score (nSPS) is 10.7. The van der Waals surface area contributed by atoms with Crippen molar-refractivity contribution < 1.29 is 9.53 Å². The molecule has 1 amide bonds. The second-order valence-corrected chi connectivity index (χ2v) is 6.63. The van der Waals surface area contributed by atoms with Crippen molar-refractivity contribution in [3.05, 3.63) is 52.5 Å². The molecule has 1 aromatic heterocycles. The standard InChI is InChI=1S/C17H15ClN2O2S/c1-10-6-7-12(8-11(10)2)22-9-15(21)19-17-20-16-13(18)4-3-5-14(16)23-17/h3-8H,9H2,1-2H3,(H,19,20,21). The third kappa shape index (κ3) is 3.63. The minimum Gasteiger partial charge on any atom is -0.484 e. The summed E-state index contributed by atoms with van der Waals surface area (Å²) in [6.45, 7) is 3.98. The summed E-state index contributed by atoms with van der Waals surface area (Å²) in [7, 11) is 0. The number of amides is 1. The molecule has 0 aliphatic rings. The van der Waals surface area contributed by atoms with Crippen LogP contribution in [-0.2, 0) is 4.79 Å². The van der Waals surface area contributed by atoms with Gasteiger partial charge < -0.3 is 4.74 Å². The van der Waals surface area contributed by atoms with E-state index in [0.29, 0.717) is 21.4 Å². The van der Waals surface area contributed by atoms with E-state index in [2.05, 4.69) is 10.3 Å². The van der Waals surface area contributed by atoms with E-state index in [4.69, 9.17) is 16.3 Å². The minimum absolute atomic E-state index is 0.0633. The first-order valence-electron chi connectivity index (χ1n) is 7.08. The van der Waals surface area contributed by atoms with Gasteiger partial charge in [-0.25, -0.2) is 4.98 Å². The number of ether oxygens (including phenoxy) is 1. The maximum absolute atomic E-state index is 12.0. The van der Waals surface area contributed by atoms with Crippen LogP contribution in [0.1, 0.15) is 11.1 Å². The fourth-order valence-corrected chi connectivity index (χ4v) is 3.26. The summed E-state index contributed by atoms with van der Waals surface area (Å²) in [6, 6.07) is 11.3. The predicted molar refractivity (Wildman–Crippen MR) is 94.7 cm³/mol. The topological polar surface area (TPSA) is 51.2 Å². The van der Waals surface area contributed by atoms with Gasteiger partial charge in [-0.1, -0.05) is 35.1 Å². The van der Waals surface area contributed by atoms with E-state index in [1.165, 1.54) is 16.9 Å². The molecule has 1 N–H and O–H groups in total. The third-order valence-electron chi connectivity index (χ3n) is 3.46. The first-order chi connectivity index (χ1) is 11.0. The zero-order valence-electron chi connectivity index (χ0n) is 12.7. The van der Waals surface area contributed by atoms with Gasteiger partial charge in [-0.3, -0.25) is 10.1 Å². The average Bonchev–Trinajstić information content (AvgIpc) is 2.92. The molecule has 23 heavy (non-hydrogen) atoms. The third-order valence-corrected chi connectivity index (χ3v) is 4.71. The molecular weight excluding hydrogens is 332 g/mol. The smallest absolute Gasteiger partial charge is 0.264 e. The molecule has 0 saturated carbocycles. The van der Waals surface area contributed by atoms with E-state index >= 15 is 0 Å². The van der Waals surface area contributed by atoms with E-state index in [9.17, 15) is 4.79 Å². The second kappa shape index (κ2) is 6.56. The lowest BCUT2D eigenvalue weighted by Gasteiger charge is -2.07. The maximum atomic E-state index is 12.0. The number of nitrogens with zero attached hydrogens (tertiary/aromatic N) is 1. The number of anilines is 1. The lowest BCUT2D eigenvalue weighted by Crippen LogP contribution is -2.20. The number of hydrogen-bond acceptors (Lipinski definition) is 4. The fourth-order valence-electron chi connectivity index (χ4n) is 2.08. The van der Waals surface area contributed by atoms with Crippen molar-refractivity contribution in [3.63, 3.8) is 0 Å². The molecule has 1 heterocycles. The zero-order valence-corrected chi connectivity index (χ0v) is 14.3. The largest absolute Gasteiger partial charge is 0.484 e. The summed E-state index contributed by atoms with van der Waals surface area (Å²) in [5.74, 6) is 0.425. The number of thiazole rings is 1. The lowest BCUT2D eigenvalue weighted by atomic mass is 10.1. The van der Waals surface area contributed by atoms with Crippen molar-refractivity contribution in [1.29, 1.82) is 0 Å². The van der Waals surface area contributed by atoms with Crippen LogP contribution in [0.5, 0.6) is 5.75 Å². The Morgan fingerprint density at radius 2 is 2.09 bits per heavy atom. The van der Waals surface area contributed by atoms with Gasteiger partial charge in [-0.2, -0.15) is 0 Å². The molecule has 2 aromatic carbocycles. The SMILES string of the molecule is Cc1ccc(OCC(=O)Nc2nc3c(Cl)cccc3s2)cc1C. The van der Waals surface area contributed by atoms with Gasteiger partial charge in [-0.05, 0) is 49.2 Å². The van der Waals surface area contributed by atoms with Crippen LogP contribution < -0.4 is 10.1 Å². The predicted octanol–water partition coefficient (Wildman–Crippen LogP) is 4.58. The number of halogens is 1. The highest BCUT2D eigenvalue weighted by Gasteiger charge is 2.10. The Bertz CT molecular complexity index is 876. The molecule has 3 rings (SSSR count). The Hall–Kier alpha value is -2.11. The number of benzene rings is 2. The highest BCUT2D eigenvalue weighted by Crippen LogP contribution is 2.30. The van der Waals surface area contributed by atoms with Crippen LogP contribution in [-0.4, -0.2) is 17.5 Å². The molecule has 0 radical (unpaired) electrons. The Labute approximate surface area is 143 Å². The van der Waals surface area contributed by atoms with Gasteiger partial charge in [0.1, 0.15) is 11.3 Å². The molecule has 4 nitrogen and oxygen atoms in total. The summed E-state index contributed by atoms with van der Waals surface area (Å²) in [5, 5.41) is 3.83. The number of nitrogens with one attached hydrogen (secondary N) is 1. The van der Waals surface area contributed by atoms with Crippen LogP contribution >= 0.6 is 22.9 Å². The zero-order chi connectivity index (χ0) is 16.4. The fraction of sp³-hybridized carbons (Fsp3) is 0.176. The molecule has 0 bridgehead atoms. The number of aryl methyl sites for hydroxylation is 2. The summed E-state index contributed by atoms with van der Waals surface area (Å²) in [5.41, 5.74) is 3.02. The molecule has 6 heteroatoms. The molecular formula is C17H15ClN2O2S. The molecule has 3 aromatic rings. The van der Waals surface area contributed by atoms with Gasteiger partial charge in [0.05, 0.1) is 9.72 Å². The molecule has 0 saturated heterocycles. The van der Waals surface area contributed by atoms with Gasteiger partial charge in [0.25, 0.3) is 5.91 Å². The van der Waals surface area contributed by atoms with Crippen molar-refractivity contribution in [2.75, 3.05) is 11.9 Å². The Balaban J connectivity index is 1.64. The van der Waals surface area contributed by atoms with E-state index in [0.717, 1.165) is 10.3 Å². The summed E-state index contributed by atoms with van der Waals surface area (Å²) >= 11 is 7.47. The first kappa shape index (κ1) is 15.8. The van der Waals surface area contributed by atoms with Crippen LogP contribution in [0.15, 0.2) is 36.4 Å². The molecule has 0 aliphatic carbocycles. The number of hydrogen-bond donors (Lipinski definition) is 1. The molecule has 118 valence electrons. The van der Waals surface area contributed by atoms with Crippen molar-refractivity contribution in [2.45, 2.75) is 13.8 Å². The number of carbonyl (C=O) groups excluding carboxylic acids is 1. The molecule has 0 unspecified atom stereocenters. The van der Waals surface area contributed by atoms with Crippen molar-refractivity contribution in [3.8, 4) is 5.75 Å². The van der Waals surface area contributed by atoms with E-state index in [1.807, 2.05) is 44.2 Å². The summed E-state index contributed by atoms with van der Waals surface area (Å²) in [6.07, 6.45) is 0. The van der Waals surface area contributed by atoms with E-state index in [1.54, 1.807) is 6.07 Å². The number of aromatic nitrogens is 1. The van der Waals surface area contributed by atoms with Crippen LogP contribution in [0.2, 0.25) is 5.02 Å². The maximum Gasteiger partial charge on any atom is 0.264 e. The van der Waals surface area contributed by atoms with Crippen LogP contribution in [0.3, 0.4) is 0 Å². The highest BCUT2D eigenvalue weighted by atomic mass is 35.5. The van der Waals surface area contributed by atoms with E-state index < -0.39 is 0 Å². The quantitative estimate of drug-likeness (QED) is 0.752. The molecule has 0 spiro atoms. The Kier molecular flexibility index (Phi) is 4.50. The van der Waals surface area contributed by atoms with Crippen LogP contribution in [0, 0.1) is 13.8 Å². The lowest BCUT2D eigenvalue weighted by molar-refractivity contribution is -0.118. The van der Waals surface area contributed by atoms with Gasteiger partial charge >= 0.3 is 0 Å². The highest BCUT2D eigenvalue weighted by molar-refractivity contribution is 7.22. The van der Waals surface area contributed by atoms with Crippen molar-refractivity contribution in [1.82, 2.24) is 4.98 Å². The second-order valence-electron chi connectivity index (χ2n) is 5.19. The Morgan fingerprint density at radius 1 is 1.26 bits per heavy atom. The molecule has 0 aliphatic heterocycles. The van der Waals surface area contributed by atoms with Crippen LogP contribution in [0.25, 0.3) is 10.2 Å².